The van der Waals surface area contributed by atoms with Gasteiger partial charge in [0.1, 0.15) is 11.6 Å². The summed E-state index contributed by atoms with van der Waals surface area (Å²) in [5, 5.41) is 6.30. The molecule has 0 saturated heterocycles. The summed E-state index contributed by atoms with van der Waals surface area (Å²) in [6.45, 7) is 0. The van der Waals surface area contributed by atoms with Crippen molar-refractivity contribution in [3.05, 3.63) is 53.9 Å². The average molecular weight is 263 g/mol. The van der Waals surface area contributed by atoms with Crippen molar-refractivity contribution in [3.63, 3.8) is 0 Å². The minimum absolute atomic E-state index is 0.0679. The fourth-order valence-corrected chi connectivity index (χ4v) is 1.51. The molecule has 1 aromatic carbocycles. The highest BCUT2D eigenvalue weighted by Gasteiger charge is 2.03. The van der Waals surface area contributed by atoms with Crippen molar-refractivity contribution < 1.29 is 13.6 Å². The zero-order valence-electron chi connectivity index (χ0n) is 10.1. The molecule has 0 unspecified atom stereocenters. The van der Waals surface area contributed by atoms with E-state index in [2.05, 4.69) is 10.4 Å². The Morgan fingerprint density at radius 2 is 2.00 bits per heavy atom. The Morgan fingerprint density at radius 3 is 2.58 bits per heavy atom. The van der Waals surface area contributed by atoms with E-state index in [0.717, 1.165) is 23.8 Å². The smallest absolute Gasteiger partial charge is 0.248 e. The molecule has 19 heavy (non-hydrogen) atoms. The van der Waals surface area contributed by atoms with Gasteiger partial charge < -0.3 is 5.32 Å². The maximum atomic E-state index is 12.9. The van der Waals surface area contributed by atoms with Crippen LogP contribution < -0.4 is 5.32 Å². The molecule has 0 saturated carbocycles. The first kappa shape index (κ1) is 12.9. The number of aromatic nitrogens is 2. The molecule has 0 aliphatic carbocycles. The maximum absolute atomic E-state index is 12.9. The summed E-state index contributed by atoms with van der Waals surface area (Å²) < 4.78 is 27.4. The molecule has 0 radical (unpaired) electrons. The van der Waals surface area contributed by atoms with E-state index in [1.165, 1.54) is 6.08 Å². The molecule has 0 spiro atoms. The SMILES string of the molecule is Cn1cc(/C=C/C(=O)Nc2cc(F)cc(F)c2)cn1. The lowest BCUT2D eigenvalue weighted by molar-refractivity contribution is -0.111. The van der Waals surface area contributed by atoms with Gasteiger partial charge in [-0.15, -0.1) is 0 Å². The summed E-state index contributed by atoms with van der Waals surface area (Å²) in [7, 11) is 1.76. The summed E-state index contributed by atoms with van der Waals surface area (Å²) in [4.78, 5) is 11.5. The molecule has 0 aliphatic rings. The molecule has 4 nitrogen and oxygen atoms in total. The van der Waals surface area contributed by atoms with Crippen LogP contribution in [0.1, 0.15) is 5.56 Å². The number of hydrogen-bond acceptors (Lipinski definition) is 2. The van der Waals surface area contributed by atoms with E-state index in [4.69, 9.17) is 0 Å². The Morgan fingerprint density at radius 1 is 1.32 bits per heavy atom. The van der Waals surface area contributed by atoms with Crippen LogP contribution in [0, 0.1) is 11.6 Å². The summed E-state index contributed by atoms with van der Waals surface area (Å²) in [6, 6.07) is 2.82. The van der Waals surface area contributed by atoms with E-state index in [1.807, 2.05) is 0 Å². The molecular weight excluding hydrogens is 252 g/mol. The number of halogens is 2. The highest BCUT2D eigenvalue weighted by Crippen LogP contribution is 2.12. The van der Waals surface area contributed by atoms with E-state index in [0.29, 0.717) is 0 Å². The quantitative estimate of drug-likeness (QED) is 0.864. The molecule has 2 rings (SSSR count). The van der Waals surface area contributed by atoms with Gasteiger partial charge >= 0.3 is 0 Å². The van der Waals surface area contributed by atoms with Crippen LogP contribution in [0.3, 0.4) is 0 Å². The summed E-state index contributed by atoms with van der Waals surface area (Å²) in [5.41, 5.74) is 0.821. The minimum Gasteiger partial charge on any atom is -0.322 e. The number of nitrogens with one attached hydrogen (secondary N) is 1. The van der Waals surface area contributed by atoms with Crippen molar-refractivity contribution in [2.75, 3.05) is 5.32 Å². The first-order chi connectivity index (χ1) is 9.02. The normalized spacial score (nSPS) is 10.9. The van der Waals surface area contributed by atoms with E-state index in [1.54, 1.807) is 30.2 Å². The number of nitrogens with zero attached hydrogens (tertiary/aromatic N) is 2. The number of carbonyl (C=O) groups excluding carboxylic acids is 1. The lowest BCUT2D eigenvalue weighted by Crippen LogP contribution is -2.08. The lowest BCUT2D eigenvalue weighted by atomic mass is 10.3. The Labute approximate surface area is 108 Å². The number of hydrogen-bond donors (Lipinski definition) is 1. The third-order valence-electron chi connectivity index (χ3n) is 2.28. The molecule has 0 fully saturated rings. The standard InChI is InChI=1S/C13H11F2N3O/c1-18-8-9(7-16-18)2-3-13(19)17-12-5-10(14)4-11(15)6-12/h2-8H,1H3,(H,17,19)/b3-2+. The van der Waals surface area contributed by atoms with Gasteiger partial charge in [-0.25, -0.2) is 8.78 Å². The molecular formula is C13H11F2N3O. The van der Waals surface area contributed by atoms with Gasteiger partial charge in [-0.1, -0.05) is 0 Å². The second-order valence-corrected chi connectivity index (χ2v) is 3.93. The fraction of sp³-hybridized carbons (Fsp3) is 0.0769. The predicted molar refractivity (Wildman–Crippen MR) is 67.2 cm³/mol. The Hall–Kier alpha value is -2.50. The molecule has 1 amide bonds. The summed E-state index contributed by atoms with van der Waals surface area (Å²) in [6.07, 6.45) is 6.13. The highest BCUT2D eigenvalue weighted by atomic mass is 19.1. The van der Waals surface area contributed by atoms with Crippen LogP contribution in [0.25, 0.3) is 6.08 Å². The molecule has 1 aromatic heterocycles. The third kappa shape index (κ3) is 3.74. The zero-order valence-corrected chi connectivity index (χ0v) is 10.1. The van der Waals surface area contributed by atoms with E-state index >= 15 is 0 Å². The Bertz CT molecular complexity index is 614. The molecule has 98 valence electrons. The van der Waals surface area contributed by atoms with Crippen molar-refractivity contribution in [2.24, 2.45) is 7.05 Å². The van der Waals surface area contributed by atoms with Gasteiger partial charge in [0.15, 0.2) is 0 Å². The van der Waals surface area contributed by atoms with E-state index in [-0.39, 0.29) is 5.69 Å². The van der Waals surface area contributed by atoms with Crippen LogP contribution in [0.4, 0.5) is 14.5 Å². The van der Waals surface area contributed by atoms with Crippen LogP contribution in [-0.4, -0.2) is 15.7 Å². The number of rotatable bonds is 3. The van der Waals surface area contributed by atoms with Crippen molar-refractivity contribution >= 4 is 17.7 Å². The zero-order chi connectivity index (χ0) is 13.8. The van der Waals surface area contributed by atoms with Gasteiger partial charge in [0, 0.05) is 36.6 Å². The van der Waals surface area contributed by atoms with E-state index < -0.39 is 17.5 Å². The fourth-order valence-electron chi connectivity index (χ4n) is 1.51. The van der Waals surface area contributed by atoms with Gasteiger partial charge in [0.05, 0.1) is 6.20 Å². The molecule has 0 bridgehead atoms. The lowest BCUT2D eigenvalue weighted by Gasteiger charge is -2.02. The molecule has 0 atom stereocenters. The monoisotopic (exact) mass is 263 g/mol. The van der Waals surface area contributed by atoms with Crippen molar-refractivity contribution in [2.45, 2.75) is 0 Å². The van der Waals surface area contributed by atoms with Crippen LogP contribution in [0.2, 0.25) is 0 Å². The van der Waals surface area contributed by atoms with Crippen molar-refractivity contribution in [1.29, 1.82) is 0 Å². The maximum Gasteiger partial charge on any atom is 0.248 e. The Kier molecular flexibility index (Phi) is 3.70. The predicted octanol–water partition coefficient (Wildman–Crippen LogP) is 2.35. The number of benzene rings is 1. The topological polar surface area (TPSA) is 46.9 Å². The average Bonchev–Trinajstić information content (AvgIpc) is 2.71. The third-order valence-corrected chi connectivity index (χ3v) is 2.28. The molecule has 2 aromatic rings. The van der Waals surface area contributed by atoms with Crippen LogP contribution in [0.15, 0.2) is 36.7 Å². The van der Waals surface area contributed by atoms with Crippen LogP contribution >= 0.6 is 0 Å². The molecule has 1 N–H and O–H groups in total. The first-order valence-electron chi connectivity index (χ1n) is 5.47. The first-order valence-corrected chi connectivity index (χ1v) is 5.47. The molecule has 1 heterocycles. The summed E-state index contributed by atoms with van der Waals surface area (Å²) >= 11 is 0. The highest BCUT2D eigenvalue weighted by molar-refractivity contribution is 6.01. The number of aryl methyl sites for hydroxylation is 1. The number of carbonyl (C=O) groups is 1. The van der Waals surface area contributed by atoms with Crippen LogP contribution in [-0.2, 0) is 11.8 Å². The molecule has 6 heteroatoms. The molecule has 0 aliphatic heterocycles. The van der Waals surface area contributed by atoms with Gasteiger partial charge in [-0.2, -0.15) is 5.10 Å². The van der Waals surface area contributed by atoms with E-state index in [9.17, 15) is 13.6 Å². The van der Waals surface area contributed by atoms with Crippen LogP contribution in [0.5, 0.6) is 0 Å². The van der Waals surface area contributed by atoms with Gasteiger partial charge in [0.2, 0.25) is 5.91 Å². The second kappa shape index (κ2) is 5.43. The minimum atomic E-state index is -0.744. The van der Waals surface area contributed by atoms with Crippen molar-refractivity contribution in [3.8, 4) is 0 Å². The second-order valence-electron chi connectivity index (χ2n) is 3.93. The van der Waals surface area contributed by atoms with Gasteiger partial charge in [-0.3, -0.25) is 9.48 Å². The number of amides is 1. The van der Waals surface area contributed by atoms with Crippen molar-refractivity contribution in [1.82, 2.24) is 9.78 Å². The Balaban J connectivity index is 2.03. The largest absolute Gasteiger partial charge is 0.322 e. The van der Waals surface area contributed by atoms with Gasteiger partial charge in [0.25, 0.3) is 0 Å². The summed E-state index contributed by atoms with van der Waals surface area (Å²) in [5.74, 6) is -1.97. The number of anilines is 1. The van der Waals surface area contributed by atoms with Gasteiger partial charge in [-0.05, 0) is 18.2 Å².